The second-order valence-corrected chi connectivity index (χ2v) is 8.09. The molecule has 0 aliphatic rings. The number of ether oxygens (including phenoxy) is 1. The van der Waals surface area contributed by atoms with E-state index in [1.165, 1.54) is 0 Å². The van der Waals surface area contributed by atoms with Gasteiger partial charge in [0.05, 0.1) is 12.9 Å². The van der Waals surface area contributed by atoms with Crippen molar-refractivity contribution < 1.29 is 9.16 Å². The van der Waals surface area contributed by atoms with E-state index < -0.39 is 8.32 Å². The third-order valence-corrected chi connectivity index (χ3v) is 1.81. The van der Waals surface area contributed by atoms with Crippen LogP contribution in [-0.4, -0.2) is 22.0 Å². The molecule has 0 bridgehead atoms. The van der Waals surface area contributed by atoms with Gasteiger partial charge in [-0.3, -0.25) is 0 Å². The Balaban J connectivity index is 3.73. The minimum Gasteiger partial charge on any atom is -0.550 e. The van der Waals surface area contributed by atoms with Gasteiger partial charge in [0, 0.05) is 7.11 Å². The SMILES string of the molecule is COCC(C)=CO[Si](C)(C)C. The predicted octanol–water partition coefficient (Wildman–Crippen LogP) is 2.39. The second-order valence-electron chi connectivity index (χ2n) is 3.63. The first-order valence-corrected chi connectivity index (χ1v) is 7.19. The van der Waals surface area contributed by atoms with Crippen molar-refractivity contribution in [3.05, 3.63) is 11.8 Å². The summed E-state index contributed by atoms with van der Waals surface area (Å²) in [6.07, 6.45) is 1.82. The fourth-order valence-electron chi connectivity index (χ4n) is 0.539. The van der Waals surface area contributed by atoms with Gasteiger partial charge in [-0.15, -0.1) is 0 Å². The third-order valence-electron chi connectivity index (χ3n) is 0.986. The quantitative estimate of drug-likeness (QED) is 0.481. The summed E-state index contributed by atoms with van der Waals surface area (Å²) >= 11 is 0. The van der Waals surface area contributed by atoms with Crippen LogP contribution >= 0.6 is 0 Å². The van der Waals surface area contributed by atoms with Crippen LogP contribution in [-0.2, 0) is 9.16 Å². The lowest BCUT2D eigenvalue weighted by Crippen LogP contribution is -2.22. The Hall–Kier alpha value is -0.283. The molecule has 0 aromatic carbocycles. The first-order chi connectivity index (χ1) is 4.95. The first-order valence-electron chi connectivity index (χ1n) is 3.78. The molecule has 0 atom stereocenters. The van der Waals surface area contributed by atoms with E-state index in [1.807, 2.05) is 13.2 Å². The fraction of sp³-hybridized carbons (Fsp3) is 0.750. The van der Waals surface area contributed by atoms with E-state index >= 15 is 0 Å². The molecule has 0 aliphatic heterocycles. The summed E-state index contributed by atoms with van der Waals surface area (Å²) in [5.74, 6) is 0. The first kappa shape index (κ1) is 10.7. The molecule has 0 saturated carbocycles. The third kappa shape index (κ3) is 7.62. The Kier molecular flexibility index (Phi) is 4.45. The largest absolute Gasteiger partial charge is 0.550 e. The van der Waals surface area contributed by atoms with Gasteiger partial charge in [-0.05, 0) is 32.1 Å². The van der Waals surface area contributed by atoms with E-state index in [0.717, 1.165) is 5.57 Å². The molecule has 66 valence electrons. The number of hydrogen-bond acceptors (Lipinski definition) is 2. The molecule has 0 unspecified atom stereocenters. The van der Waals surface area contributed by atoms with Gasteiger partial charge in [0.2, 0.25) is 8.32 Å². The maximum Gasteiger partial charge on any atom is 0.241 e. The zero-order valence-corrected chi connectivity index (χ0v) is 9.10. The van der Waals surface area contributed by atoms with E-state index in [0.29, 0.717) is 6.61 Å². The summed E-state index contributed by atoms with van der Waals surface area (Å²) < 4.78 is 10.5. The Morgan fingerprint density at radius 3 is 2.27 bits per heavy atom. The molecule has 0 fully saturated rings. The average Bonchev–Trinajstić information content (AvgIpc) is 1.83. The minimum atomic E-state index is -1.38. The molecule has 0 N–H and O–H groups in total. The monoisotopic (exact) mass is 174 g/mol. The molecule has 3 heteroatoms. The topological polar surface area (TPSA) is 18.5 Å². The van der Waals surface area contributed by atoms with Gasteiger partial charge < -0.3 is 9.16 Å². The van der Waals surface area contributed by atoms with Crippen LogP contribution in [0.5, 0.6) is 0 Å². The van der Waals surface area contributed by atoms with Crippen molar-refractivity contribution in [3.8, 4) is 0 Å². The van der Waals surface area contributed by atoms with Crippen molar-refractivity contribution in [2.75, 3.05) is 13.7 Å². The molecular weight excluding hydrogens is 156 g/mol. The Morgan fingerprint density at radius 1 is 1.36 bits per heavy atom. The molecule has 11 heavy (non-hydrogen) atoms. The van der Waals surface area contributed by atoms with Crippen LogP contribution in [0.3, 0.4) is 0 Å². The summed E-state index contributed by atoms with van der Waals surface area (Å²) in [6, 6.07) is 0. The molecule has 0 radical (unpaired) electrons. The number of hydrogen-bond donors (Lipinski definition) is 0. The summed E-state index contributed by atoms with van der Waals surface area (Å²) in [4.78, 5) is 0. The van der Waals surface area contributed by atoms with E-state index in [-0.39, 0.29) is 0 Å². The normalized spacial score (nSPS) is 13.4. The van der Waals surface area contributed by atoms with Gasteiger partial charge in [-0.2, -0.15) is 0 Å². The van der Waals surface area contributed by atoms with Crippen LogP contribution in [0.1, 0.15) is 6.92 Å². The Bertz CT molecular complexity index is 136. The lowest BCUT2D eigenvalue weighted by molar-refractivity contribution is 0.223. The molecule has 0 spiro atoms. The standard InChI is InChI=1S/C8H18O2Si/c1-8(6-9-2)7-10-11(3,4)5/h7H,6H2,1-5H3. The van der Waals surface area contributed by atoms with Crippen LogP contribution in [0.4, 0.5) is 0 Å². The molecular formula is C8H18O2Si. The van der Waals surface area contributed by atoms with Crippen molar-refractivity contribution >= 4 is 8.32 Å². The lowest BCUT2D eigenvalue weighted by Gasteiger charge is -2.15. The highest BCUT2D eigenvalue weighted by Gasteiger charge is 2.13. The number of rotatable bonds is 4. The van der Waals surface area contributed by atoms with Gasteiger partial charge in [0.1, 0.15) is 0 Å². The predicted molar refractivity (Wildman–Crippen MR) is 50.1 cm³/mol. The summed E-state index contributed by atoms with van der Waals surface area (Å²) in [7, 11) is 0.305. The molecule has 0 aliphatic carbocycles. The van der Waals surface area contributed by atoms with E-state index in [9.17, 15) is 0 Å². The molecule has 0 amide bonds. The molecule has 0 heterocycles. The Morgan fingerprint density at radius 2 is 1.91 bits per heavy atom. The zero-order valence-electron chi connectivity index (χ0n) is 8.10. The van der Waals surface area contributed by atoms with Crippen molar-refractivity contribution in [2.24, 2.45) is 0 Å². The van der Waals surface area contributed by atoms with Gasteiger partial charge in [-0.1, -0.05) is 0 Å². The zero-order chi connectivity index (χ0) is 8.91. The molecule has 2 nitrogen and oxygen atoms in total. The van der Waals surface area contributed by atoms with E-state index in [4.69, 9.17) is 9.16 Å². The molecule has 0 saturated heterocycles. The maximum absolute atomic E-state index is 5.54. The highest BCUT2D eigenvalue weighted by atomic mass is 28.4. The van der Waals surface area contributed by atoms with Gasteiger partial charge in [0.25, 0.3) is 0 Å². The Labute approximate surface area is 70.3 Å². The van der Waals surface area contributed by atoms with Crippen molar-refractivity contribution in [1.29, 1.82) is 0 Å². The van der Waals surface area contributed by atoms with E-state index in [1.54, 1.807) is 7.11 Å². The maximum atomic E-state index is 5.54. The van der Waals surface area contributed by atoms with Crippen LogP contribution in [0.25, 0.3) is 0 Å². The summed E-state index contributed by atoms with van der Waals surface area (Å²) in [6.45, 7) is 9.13. The van der Waals surface area contributed by atoms with Crippen LogP contribution in [0, 0.1) is 0 Å². The minimum absolute atomic E-state index is 0.657. The second kappa shape index (κ2) is 4.57. The van der Waals surface area contributed by atoms with Crippen LogP contribution < -0.4 is 0 Å². The average molecular weight is 174 g/mol. The fourth-order valence-corrected chi connectivity index (χ4v) is 1.09. The molecule has 0 rings (SSSR count). The van der Waals surface area contributed by atoms with Crippen molar-refractivity contribution in [3.63, 3.8) is 0 Å². The smallest absolute Gasteiger partial charge is 0.241 e. The summed E-state index contributed by atoms with van der Waals surface area (Å²) in [5.41, 5.74) is 1.13. The van der Waals surface area contributed by atoms with Crippen LogP contribution in [0.2, 0.25) is 19.6 Å². The van der Waals surface area contributed by atoms with Crippen LogP contribution in [0.15, 0.2) is 11.8 Å². The van der Waals surface area contributed by atoms with Crippen molar-refractivity contribution in [1.82, 2.24) is 0 Å². The highest BCUT2D eigenvalue weighted by Crippen LogP contribution is 2.05. The summed E-state index contributed by atoms with van der Waals surface area (Å²) in [5, 5.41) is 0. The molecule has 0 aromatic heterocycles. The highest BCUT2D eigenvalue weighted by molar-refractivity contribution is 6.69. The van der Waals surface area contributed by atoms with Crippen molar-refractivity contribution in [2.45, 2.75) is 26.6 Å². The van der Waals surface area contributed by atoms with Gasteiger partial charge in [-0.25, -0.2) is 0 Å². The van der Waals surface area contributed by atoms with E-state index in [2.05, 4.69) is 19.6 Å². The number of methoxy groups -OCH3 is 1. The van der Waals surface area contributed by atoms with Gasteiger partial charge >= 0.3 is 0 Å². The molecule has 0 aromatic rings. The lowest BCUT2D eigenvalue weighted by atomic mass is 10.4. The van der Waals surface area contributed by atoms with Gasteiger partial charge in [0.15, 0.2) is 0 Å².